The minimum absolute atomic E-state index is 0.628. The highest BCUT2D eigenvalue weighted by atomic mass is 32.1. The van der Waals surface area contributed by atoms with E-state index in [0.717, 1.165) is 10.8 Å². The van der Waals surface area contributed by atoms with E-state index < -0.39 is 0 Å². The van der Waals surface area contributed by atoms with Crippen molar-refractivity contribution in [2.45, 2.75) is 0 Å². The van der Waals surface area contributed by atoms with Crippen molar-refractivity contribution >= 4 is 27.9 Å². The number of nitrogens with two attached hydrogens (primary N) is 1. The van der Waals surface area contributed by atoms with Crippen LogP contribution in [0.25, 0.3) is 10.8 Å². The maximum absolute atomic E-state index is 5.23. The zero-order valence-electron chi connectivity index (χ0n) is 5.61. The number of rotatable bonds is 1. The molecule has 0 atom stereocenters. The van der Waals surface area contributed by atoms with Gasteiger partial charge in [-0.2, -0.15) is 16.4 Å². The molecule has 11 heavy (non-hydrogen) atoms. The summed E-state index contributed by atoms with van der Waals surface area (Å²) >= 11 is 1.61. The van der Waals surface area contributed by atoms with Gasteiger partial charge in [0.15, 0.2) is 5.82 Å². The summed E-state index contributed by atoms with van der Waals surface area (Å²) in [4.78, 5) is 0. The Morgan fingerprint density at radius 3 is 3.18 bits per heavy atom. The van der Waals surface area contributed by atoms with Crippen LogP contribution in [0.4, 0.5) is 5.82 Å². The van der Waals surface area contributed by atoms with Crippen molar-refractivity contribution < 1.29 is 0 Å². The zero-order chi connectivity index (χ0) is 7.68. The molecular formula is C6H6N4S. The molecule has 0 aromatic carbocycles. The molecule has 0 fully saturated rings. The van der Waals surface area contributed by atoms with Gasteiger partial charge in [-0.25, -0.2) is 5.84 Å². The molecule has 0 aliphatic rings. The fourth-order valence-corrected chi connectivity index (χ4v) is 1.69. The fourth-order valence-electron chi connectivity index (χ4n) is 0.909. The molecular weight excluding hydrogens is 160 g/mol. The van der Waals surface area contributed by atoms with Crippen LogP contribution in [0, 0.1) is 0 Å². The lowest BCUT2D eigenvalue weighted by Crippen LogP contribution is -2.09. The third-order valence-corrected chi connectivity index (χ3v) is 2.20. The van der Waals surface area contributed by atoms with Gasteiger partial charge in [-0.05, 0) is 0 Å². The van der Waals surface area contributed by atoms with Crippen LogP contribution in [0.3, 0.4) is 0 Å². The molecule has 2 rings (SSSR count). The van der Waals surface area contributed by atoms with E-state index in [0.29, 0.717) is 5.82 Å². The predicted molar refractivity (Wildman–Crippen MR) is 45.2 cm³/mol. The van der Waals surface area contributed by atoms with Gasteiger partial charge in [0, 0.05) is 21.5 Å². The summed E-state index contributed by atoms with van der Waals surface area (Å²) in [7, 11) is 0. The van der Waals surface area contributed by atoms with Gasteiger partial charge in [-0.3, -0.25) is 0 Å². The maximum atomic E-state index is 5.23. The number of hydrazine groups is 1. The van der Waals surface area contributed by atoms with E-state index in [-0.39, 0.29) is 0 Å². The second-order valence-corrected chi connectivity index (χ2v) is 2.82. The monoisotopic (exact) mass is 166 g/mol. The molecule has 2 aromatic rings. The molecule has 0 saturated carbocycles. The third kappa shape index (κ3) is 0.941. The van der Waals surface area contributed by atoms with Crippen LogP contribution in [0.15, 0.2) is 17.0 Å². The third-order valence-electron chi connectivity index (χ3n) is 1.44. The molecule has 4 nitrogen and oxygen atoms in total. The second-order valence-electron chi connectivity index (χ2n) is 2.08. The van der Waals surface area contributed by atoms with E-state index in [1.54, 1.807) is 17.5 Å². The molecule has 0 aliphatic heterocycles. The number of hydrogen-bond donors (Lipinski definition) is 2. The maximum Gasteiger partial charge on any atom is 0.171 e. The van der Waals surface area contributed by atoms with E-state index in [1.165, 1.54) is 0 Å². The largest absolute Gasteiger partial charge is 0.306 e. The van der Waals surface area contributed by atoms with Gasteiger partial charge < -0.3 is 5.43 Å². The van der Waals surface area contributed by atoms with Crippen LogP contribution >= 0.6 is 11.3 Å². The minimum Gasteiger partial charge on any atom is -0.306 e. The topological polar surface area (TPSA) is 63.8 Å². The first kappa shape index (κ1) is 6.51. The SMILES string of the molecule is NNc1nncc2cscc12. The first-order chi connectivity index (χ1) is 5.42. The lowest BCUT2D eigenvalue weighted by molar-refractivity contribution is 1.04. The molecule has 3 N–H and O–H groups in total. The molecule has 2 aromatic heterocycles. The van der Waals surface area contributed by atoms with E-state index in [4.69, 9.17) is 5.84 Å². The van der Waals surface area contributed by atoms with Gasteiger partial charge in [-0.1, -0.05) is 0 Å². The highest BCUT2D eigenvalue weighted by Gasteiger charge is 2.00. The van der Waals surface area contributed by atoms with Crippen molar-refractivity contribution in [2.24, 2.45) is 5.84 Å². The molecule has 56 valence electrons. The molecule has 0 aliphatic carbocycles. The van der Waals surface area contributed by atoms with Crippen LogP contribution in [-0.4, -0.2) is 10.2 Å². The molecule has 0 amide bonds. The average molecular weight is 166 g/mol. The van der Waals surface area contributed by atoms with Crippen molar-refractivity contribution in [1.82, 2.24) is 10.2 Å². The minimum atomic E-state index is 0.628. The van der Waals surface area contributed by atoms with Gasteiger partial charge in [0.25, 0.3) is 0 Å². The molecule has 0 saturated heterocycles. The lowest BCUT2D eigenvalue weighted by atomic mass is 10.3. The first-order valence-electron chi connectivity index (χ1n) is 3.06. The van der Waals surface area contributed by atoms with Crippen molar-refractivity contribution in [1.29, 1.82) is 0 Å². The number of nitrogens with one attached hydrogen (secondary N) is 1. The Morgan fingerprint density at radius 1 is 1.45 bits per heavy atom. The normalized spacial score (nSPS) is 10.3. The van der Waals surface area contributed by atoms with Crippen LogP contribution in [0.1, 0.15) is 0 Å². The number of anilines is 1. The number of aromatic nitrogens is 2. The van der Waals surface area contributed by atoms with E-state index in [2.05, 4.69) is 15.6 Å². The summed E-state index contributed by atoms with van der Waals surface area (Å²) in [5.74, 6) is 5.86. The molecule has 0 unspecified atom stereocenters. The quantitative estimate of drug-likeness (QED) is 0.489. The number of hydrogen-bond acceptors (Lipinski definition) is 5. The summed E-state index contributed by atoms with van der Waals surface area (Å²) in [6.45, 7) is 0. The van der Waals surface area contributed by atoms with Gasteiger partial charge in [0.1, 0.15) is 0 Å². The molecule has 0 radical (unpaired) electrons. The highest BCUT2D eigenvalue weighted by molar-refractivity contribution is 7.09. The van der Waals surface area contributed by atoms with E-state index in [9.17, 15) is 0 Å². The Labute approximate surface area is 67.0 Å². The number of nitrogen functional groups attached to an aromatic ring is 1. The number of nitrogens with zero attached hydrogens (tertiary/aromatic N) is 2. The molecule has 2 heterocycles. The van der Waals surface area contributed by atoms with Crippen molar-refractivity contribution in [3.63, 3.8) is 0 Å². The Morgan fingerprint density at radius 2 is 2.36 bits per heavy atom. The second kappa shape index (κ2) is 2.44. The van der Waals surface area contributed by atoms with Gasteiger partial charge in [0.05, 0.1) is 6.20 Å². The van der Waals surface area contributed by atoms with Crippen LogP contribution in [0.2, 0.25) is 0 Å². The van der Waals surface area contributed by atoms with Crippen molar-refractivity contribution in [3.05, 3.63) is 17.0 Å². The van der Waals surface area contributed by atoms with Crippen LogP contribution in [-0.2, 0) is 0 Å². The van der Waals surface area contributed by atoms with E-state index >= 15 is 0 Å². The van der Waals surface area contributed by atoms with Crippen molar-refractivity contribution in [3.8, 4) is 0 Å². The average Bonchev–Trinajstić information content (AvgIpc) is 2.50. The van der Waals surface area contributed by atoms with Gasteiger partial charge >= 0.3 is 0 Å². The van der Waals surface area contributed by atoms with Crippen LogP contribution in [0.5, 0.6) is 0 Å². The summed E-state index contributed by atoms with van der Waals surface area (Å²) < 4.78 is 0. The first-order valence-corrected chi connectivity index (χ1v) is 4.00. The Balaban J connectivity index is 2.79. The Bertz CT molecular complexity index is 369. The highest BCUT2D eigenvalue weighted by Crippen LogP contribution is 2.22. The smallest absolute Gasteiger partial charge is 0.171 e. The van der Waals surface area contributed by atoms with Crippen molar-refractivity contribution in [2.75, 3.05) is 5.43 Å². The summed E-state index contributed by atoms with van der Waals surface area (Å²) in [5.41, 5.74) is 2.49. The summed E-state index contributed by atoms with van der Waals surface area (Å²) in [6, 6.07) is 0. The molecule has 5 heteroatoms. The Kier molecular flexibility index (Phi) is 1.45. The number of thiophene rings is 1. The van der Waals surface area contributed by atoms with Crippen LogP contribution < -0.4 is 11.3 Å². The standard InChI is InChI=1S/C6H6N4S/c7-9-6-5-3-11-2-4(5)1-8-10-6/h1-3H,7H2,(H,9,10). The van der Waals surface area contributed by atoms with Gasteiger partial charge in [-0.15, -0.1) is 5.10 Å². The van der Waals surface area contributed by atoms with E-state index in [1.807, 2.05) is 10.8 Å². The zero-order valence-corrected chi connectivity index (χ0v) is 6.43. The lowest BCUT2D eigenvalue weighted by Gasteiger charge is -1.96. The fraction of sp³-hybridized carbons (Fsp3) is 0. The summed E-state index contributed by atoms with van der Waals surface area (Å²) in [6.07, 6.45) is 1.71. The van der Waals surface area contributed by atoms with Gasteiger partial charge in [0.2, 0.25) is 0 Å². The molecule has 0 bridgehead atoms. The Hall–Kier alpha value is -1.20. The summed E-state index contributed by atoms with van der Waals surface area (Å²) in [5, 5.41) is 13.7. The molecule has 0 spiro atoms. The number of fused-ring (bicyclic) bond motifs is 1. The predicted octanol–water partition coefficient (Wildman–Crippen LogP) is 0.977.